The van der Waals surface area contributed by atoms with Gasteiger partial charge in [0.05, 0.1) is 7.11 Å². The van der Waals surface area contributed by atoms with E-state index in [4.69, 9.17) is 21.1 Å². The molecule has 4 nitrogen and oxygen atoms in total. The average Bonchev–Trinajstić information content (AvgIpc) is 2.57. The summed E-state index contributed by atoms with van der Waals surface area (Å²) in [5.41, 5.74) is 2.19. The summed E-state index contributed by atoms with van der Waals surface area (Å²) in [5.74, 6) is 1.47. The van der Waals surface area contributed by atoms with Crippen LogP contribution in [-0.2, 0) is 13.2 Å². The van der Waals surface area contributed by atoms with Gasteiger partial charge in [0.25, 0.3) is 0 Å². The normalized spacial score (nSPS) is 10.0. The Balaban J connectivity index is 0.00000312. The van der Waals surface area contributed by atoms with Crippen LogP contribution in [0.5, 0.6) is 11.5 Å². The van der Waals surface area contributed by atoms with E-state index >= 15 is 0 Å². The van der Waals surface area contributed by atoms with Gasteiger partial charge in [-0.05, 0) is 49.5 Å². The fourth-order valence-corrected chi connectivity index (χ4v) is 2.48. The zero-order valence-electron chi connectivity index (χ0n) is 15.3. The number of rotatable bonds is 9. The molecule has 0 unspecified atom stereocenters. The molecule has 0 aliphatic carbocycles. The monoisotopic (exact) mass is 420 g/mol. The molecule has 2 aromatic rings. The number of halogens is 3. The van der Waals surface area contributed by atoms with E-state index in [1.807, 2.05) is 36.4 Å². The maximum Gasteiger partial charge on any atom is 0.161 e. The van der Waals surface area contributed by atoms with Crippen molar-refractivity contribution in [3.05, 3.63) is 58.6 Å². The quantitative estimate of drug-likeness (QED) is 0.608. The second-order valence-corrected chi connectivity index (χ2v) is 6.32. The van der Waals surface area contributed by atoms with Gasteiger partial charge in [0.1, 0.15) is 6.61 Å². The van der Waals surface area contributed by atoms with Gasteiger partial charge in [0.2, 0.25) is 0 Å². The molecule has 0 saturated heterocycles. The van der Waals surface area contributed by atoms with Crippen LogP contribution in [0.4, 0.5) is 0 Å². The van der Waals surface area contributed by atoms with Gasteiger partial charge in [-0.25, -0.2) is 0 Å². The third-order valence-electron chi connectivity index (χ3n) is 3.58. The van der Waals surface area contributed by atoms with Crippen molar-refractivity contribution >= 4 is 36.4 Å². The third-order valence-corrected chi connectivity index (χ3v) is 3.81. The molecule has 0 saturated carbocycles. The lowest BCUT2D eigenvalue weighted by molar-refractivity contribution is 0.284. The van der Waals surface area contributed by atoms with Crippen LogP contribution in [0.15, 0.2) is 42.5 Å². The molecule has 0 aliphatic heterocycles. The smallest absolute Gasteiger partial charge is 0.161 e. The number of benzene rings is 2. The maximum absolute atomic E-state index is 6.00. The third kappa shape index (κ3) is 8.47. The van der Waals surface area contributed by atoms with Crippen LogP contribution in [0, 0.1) is 0 Å². The van der Waals surface area contributed by atoms with Crippen molar-refractivity contribution in [2.24, 2.45) is 0 Å². The molecule has 2 rings (SSSR count). The number of nitrogens with zero attached hydrogens (tertiary/aromatic N) is 1. The molecular weight excluding hydrogens is 395 g/mol. The maximum atomic E-state index is 6.00. The molecule has 0 atom stereocenters. The molecule has 1 N–H and O–H groups in total. The number of ether oxygens (including phenoxy) is 2. The summed E-state index contributed by atoms with van der Waals surface area (Å²) in [7, 11) is 5.79. The number of methoxy groups -OCH3 is 1. The van der Waals surface area contributed by atoms with Gasteiger partial charge in [0, 0.05) is 24.7 Å². The van der Waals surface area contributed by atoms with E-state index in [0.717, 1.165) is 36.7 Å². The van der Waals surface area contributed by atoms with E-state index in [1.165, 1.54) is 5.56 Å². The van der Waals surface area contributed by atoms with Crippen molar-refractivity contribution in [1.29, 1.82) is 0 Å². The van der Waals surface area contributed by atoms with Crippen LogP contribution in [0.25, 0.3) is 0 Å². The first-order valence-corrected chi connectivity index (χ1v) is 8.36. The molecule has 146 valence electrons. The van der Waals surface area contributed by atoms with Crippen LogP contribution in [0.3, 0.4) is 0 Å². The van der Waals surface area contributed by atoms with Gasteiger partial charge in [-0.3, -0.25) is 0 Å². The summed E-state index contributed by atoms with van der Waals surface area (Å²) in [6.45, 7) is 3.22. The number of hydrogen-bond acceptors (Lipinski definition) is 4. The molecule has 0 radical (unpaired) electrons. The van der Waals surface area contributed by atoms with E-state index in [0.29, 0.717) is 11.6 Å². The molecule has 0 bridgehead atoms. The summed E-state index contributed by atoms with van der Waals surface area (Å²) in [6.07, 6.45) is 0. The first-order chi connectivity index (χ1) is 11.6. The molecule has 0 heterocycles. The van der Waals surface area contributed by atoms with Crippen LogP contribution in [0.2, 0.25) is 5.02 Å². The Kier molecular flexibility index (Phi) is 12.5. The van der Waals surface area contributed by atoms with Crippen LogP contribution >= 0.6 is 36.4 Å². The summed E-state index contributed by atoms with van der Waals surface area (Å²) in [5, 5.41) is 4.13. The number of nitrogens with one attached hydrogen (secondary N) is 1. The van der Waals surface area contributed by atoms with Crippen LogP contribution in [-0.4, -0.2) is 39.2 Å². The van der Waals surface area contributed by atoms with E-state index < -0.39 is 0 Å². The second kappa shape index (κ2) is 13.1. The predicted octanol–water partition coefficient (Wildman–Crippen LogP) is 4.42. The largest absolute Gasteiger partial charge is 0.493 e. The Morgan fingerprint density at radius 3 is 2.42 bits per heavy atom. The molecule has 2 aromatic carbocycles. The first-order valence-electron chi connectivity index (χ1n) is 7.98. The minimum Gasteiger partial charge on any atom is -0.493 e. The molecule has 0 aromatic heterocycles. The fourth-order valence-electron chi connectivity index (χ4n) is 2.26. The summed E-state index contributed by atoms with van der Waals surface area (Å²) in [6, 6.07) is 13.7. The summed E-state index contributed by atoms with van der Waals surface area (Å²) in [4.78, 5) is 2.15. The summed E-state index contributed by atoms with van der Waals surface area (Å²) >= 11 is 6.00. The van der Waals surface area contributed by atoms with Gasteiger partial charge < -0.3 is 19.7 Å². The van der Waals surface area contributed by atoms with Gasteiger partial charge in [-0.15, -0.1) is 24.8 Å². The first kappa shape index (κ1) is 24.8. The van der Waals surface area contributed by atoms with E-state index in [2.05, 4.69) is 30.4 Å². The highest BCUT2D eigenvalue weighted by atomic mass is 35.5. The van der Waals surface area contributed by atoms with Crippen molar-refractivity contribution in [2.45, 2.75) is 13.2 Å². The second-order valence-electron chi connectivity index (χ2n) is 5.88. The lowest BCUT2D eigenvalue weighted by Crippen LogP contribution is -2.26. The van der Waals surface area contributed by atoms with Crippen molar-refractivity contribution in [1.82, 2.24) is 10.2 Å². The molecule has 26 heavy (non-hydrogen) atoms. The minimum absolute atomic E-state index is 0. The van der Waals surface area contributed by atoms with Crippen LogP contribution < -0.4 is 14.8 Å². The molecule has 0 aliphatic rings. The topological polar surface area (TPSA) is 33.7 Å². The molecule has 0 fully saturated rings. The Morgan fingerprint density at radius 2 is 1.77 bits per heavy atom. The van der Waals surface area contributed by atoms with Crippen LogP contribution in [0.1, 0.15) is 11.1 Å². The lowest BCUT2D eigenvalue weighted by Gasteiger charge is -2.14. The molecule has 0 spiro atoms. The Morgan fingerprint density at radius 1 is 1.00 bits per heavy atom. The highest BCUT2D eigenvalue weighted by Gasteiger charge is 2.06. The number of likely N-dealkylation sites (N-methyl/N-ethyl adjacent to an activating group) is 1. The Hall–Kier alpha value is -1.17. The number of hydrogen-bond donors (Lipinski definition) is 1. The zero-order chi connectivity index (χ0) is 17.4. The predicted molar refractivity (Wildman–Crippen MR) is 114 cm³/mol. The van der Waals surface area contributed by atoms with Crippen molar-refractivity contribution in [3.8, 4) is 11.5 Å². The zero-order valence-corrected chi connectivity index (χ0v) is 17.7. The van der Waals surface area contributed by atoms with Crippen molar-refractivity contribution in [3.63, 3.8) is 0 Å². The van der Waals surface area contributed by atoms with E-state index in [-0.39, 0.29) is 24.8 Å². The Bertz CT molecular complexity index is 654. The molecular formula is C19H27Cl3N2O2. The van der Waals surface area contributed by atoms with Gasteiger partial charge in [0.15, 0.2) is 11.5 Å². The van der Waals surface area contributed by atoms with Gasteiger partial charge in [-0.1, -0.05) is 29.8 Å². The summed E-state index contributed by atoms with van der Waals surface area (Å²) < 4.78 is 11.3. The lowest BCUT2D eigenvalue weighted by atomic mass is 10.2. The average molecular weight is 422 g/mol. The highest BCUT2D eigenvalue weighted by molar-refractivity contribution is 6.30. The fraction of sp³-hybridized carbons (Fsp3) is 0.368. The van der Waals surface area contributed by atoms with Crippen molar-refractivity contribution < 1.29 is 9.47 Å². The van der Waals surface area contributed by atoms with Gasteiger partial charge in [-0.2, -0.15) is 0 Å². The minimum atomic E-state index is 0. The van der Waals surface area contributed by atoms with Crippen molar-refractivity contribution in [2.75, 3.05) is 34.3 Å². The standard InChI is InChI=1S/C19H25ClN2O2.2ClH/c1-22(2)10-9-21-13-15-7-8-18(19(12-15)23-3)24-14-16-5-4-6-17(20)11-16;;/h4-8,11-12,21H,9-10,13-14H2,1-3H3;2*1H. The SMILES string of the molecule is COc1cc(CNCCN(C)C)ccc1OCc1cccc(Cl)c1.Cl.Cl. The van der Waals surface area contributed by atoms with E-state index in [9.17, 15) is 0 Å². The Labute approximate surface area is 173 Å². The van der Waals surface area contributed by atoms with E-state index in [1.54, 1.807) is 7.11 Å². The highest BCUT2D eigenvalue weighted by Crippen LogP contribution is 2.29. The molecule has 7 heteroatoms. The molecule has 0 amide bonds. The van der Waals surface area contributed by atoms with Gasteiger partial charge >= 0.3 is 0 Å².